The zero-order valence-electron chi connectivity index (χ0n) is 8.11. The monoisotopic (exact) mass is 240 g/mol. The minimum absolute atomic E-state index is 0. The predicted octanol–water partition coefficient (Wildman–Crippen LogP) is 0.325. The van der Waals surface area contributed by atoms with Gasteiger partial charge in [0.2, 0.25) is 10.0 Å². The van der Waals surface area contributed by atoms with Crippen molar-refractivity contribution in [3.63, 3.8) is 0 Å². The molecule has 1 aliphatic heterocycles. The second-order valence-corrected chi connectivity index (χ2v) is 6.17. The zero-order chi connectivity index (χ0) is 9.53. The Morgan fingerprint density at radius 3 is 2.07 bits per heavy atom. The summed E-state index contributed by atoms with van der Waals surface area (Å²) in [6.45, 7) is 2.74. The van der Waals surface area contributed by atoms with Crippen LogP contribution in [0.4, 0.5) is 0 Å². The molecule has 0 aromatic rings. The maximum atomic E-state index is 11.3. The fourth-order valence-electron chi connectivity index (χ4n) is 2.02. The lowest BCUT2D eigenvalue weighted by Gasteiger charge is -2.20. The van der Waals surface area contributed by atoms with Gasteiger partial charge in [0.25, 0.3) is 0 Å². The number of halogens is 1. The molecule has 14 heavy (non-hydrogen) atoms. The lowest BCUT2D eigenvalue weighted by Crippen LogP contribution is -2.40. The average molecular weight is 241 g/mol. The molecule has 0 unspecified atom stereocenters. The minimum atomic E-state index is -3.32. The molecule has 2 aliphatic rings. The summed E-state index contributed by atoms with van der Waals surface area (Å²) in [5.41, 5.74) is 0. The van der Waals surface area contributed by atoms with Crippen molar-refractivity contribution in [3.8, 4) is 0 Å². The third-order valence-corrected chi connectivity index (χ3v) is 4.87. The van der Waals surface area contributed by atoms with Crippen LogP contribution in [0.5, 0.6) is 0 Å². The van der Waals surface area contributed by atoms with Crippen molar-refractivity contribution in [2.24, 2.45) is 5.14 Å². The van der Waals surface area contributed by atoms with Crippen molar-refractivity contribution in [1.29, 1.82) is 0 Å². The molecule has 0 spiro atoms. The Bertz CT molecular complexity index is 294. The smallest absolute Gasteiger partial charge is 0.216 e. The summed E-state index contributed by atoms with van der Waals surface area (Å²) in [7, 11) is -3.32. The minimum Gasteiger partial charge on any atom is -0.302 e. The van der Waals surface area contributed by atoms with E-state index >= 15 is 0 Å². The van der Waals surface area contributed by atoms with E-state index in [9.17, 15) is 8.42 Å². The van der Waals surface area contributed by atoms with E-state index in [4.69, 9.17) is 5.14 Å². The van der Waals surface area contributed by atoms with E-state index in [0.29, 0.717) is 6.54 Å². The number of nitrogens with two attached hydrogens (primary N) is 1. The molecule has 1 aliphatic carbocycles. The summed E-state index contributed by atoms with van der Waals surface area (Å²) < 4.78 is 21.9. The number of sulfonamides is 1. The van der Waals surface area contributed by atoms with Crippen LogP contribution in [0.25, 0.3) is 0 Å². The number of likely N-dealkylation sites (tertiary alicyclic amines) is 1. The Kier molecular flexibility index (Phi) is 3.46. The lowest BCUT2D eigenvalue weighted by molar-refractivity contribution is 0.329. The molecule has 1 heterocycles. The molecule has 0 radical (unpaired) electrons. The molecule has 1 saturated carbocycles. The molecule has 1 saturated heterocycles. The van der Waals surface area contributed by atoms with Gasteiger partial charge in [-0.15, -0.1) is 12.4 Å². The average Bonchev–Trinajstić information content (AvgIpc) is 2.59. The van der Waals surface area contributed by atoms with E-state index in [1.165, 1.54) is 12.8 Å². The number of hydrogen-bond acceptors (Lipinski definition) is 3. The Labute approximate surface area is 91.3 Å². The van der Waals surface area contributed by atoms with Gasteiger partial charge in [0.05, 0.1) is 4.75 Å². The fraction of sp³-hybridized carbons (Fsp3) is 1.00. The molecule has 0 bridgehead atoms. The summed E-state index contributed by atoms with van der Waals surface area (Å²) in [5.74, 6) is 0. The largest absolute Gasteiger partial charge is 0.302 e. The fourth-order valence-corrected chi connectivity index (χ4v) is 3.05. The van der Waals surface area contributed by atoms with Gasteiger partial charge in [0.15, 0.2) is 0 Å². The van der Waals surface area contributed by atoms with Crippen LogP contribution in [-0.4, -0.2) is 37.7 Å². The van der Waals surface area contributed by atoms with Crippen LogP contribution >= 0.6 is 12.4 Å². The van der Waals surface area contributed by atoms with E-state index < -0.39 is 14.8 Å². The third-order valence-electron chi connectivity index (χ3n) is 3.12. The van der Waals surface area contributed by atoms with Crippen LogP contribution in [-0.2, 0) is 10.0 Å². The molecular weight excluding hydrogens is 224 g/mol. The lowest BCUT2D eigenvalue weighted by atomic mass is 10.4. The van der Waals surface area contributed by atoms with Crippen LogP contribution in [0.3, 0.4) is 0 Å². The molecule has 2 fully saturated rings. The highest BCUT2D eigenvalue weighted by Crippen LogP contribution is 2.43. The van der Waals surface area contributed by atoms with Crippen molar-refractivity contribution in [2.45, 2.75) is 30.4 Å². The van der Waals surface area contributed by atoms with Gasteiger partial charge < -0.3 is 4.90 Å². The first-order chi connectivity index (χ1) is 6.04. The van der Waals surface area contributed by atoms with Crippen molar-refractivity contribution in [2.75, 3.05) is 19.6 Å². The van der Waals surface area contributed by atoms with Gasteiger partial charge in [-0.1, -0.05) is 0 Å². The van der Waals surface area contributed by atoms with Gasteiger partial charge in [-0.25, -0.2) is 13.6 Å². The number of hydrogen-bond donors (Lipinski definition) is 1. The molecule has 84 valence electrons. The van der Waals surface area contributed by atoms with Crippen LogP contribution < -0.4 is 5.14 Å². The molecular formula is C8H17ClN2O2S. The van der Waals surface area contributed by atoms with Crippen LogP contribution in [0, 0.1) is 0 Å². The van der Waals surface area contributed by atoms with Gasteiger partial charge in [-0.2, -0.15) is 0 Å². The van der Waals surface area contributed by atoms with Crippen LogP contribution in [0.1, 0.15) is 25.7 Å². The molecule has 2 N–H and O–H groups in total. The molecule has 6 heteroatoms. The van der Waals surface area contributed by atoms with Crippen molar-refractivity contribution in [1.82, 2.24) is 4.90 Å². The van der Waals surface area contributed by atoms with E-state index in [1.807, 2.05) is 0 Å². The van der Waals surface area contributed by atoms with E-state index in [0.717, 1.165) is 25.9 Å². The van der Waals surface area contributed by atoms with Gasteiger partial charge >= 0.3 is 0 Å². The van der Waals surface area contributed by atoms with Gasteiger partial charge in [-0.3, -0.25) is 0 Å². The van der Waals surface area contributed by atoms with Gasteiger partial charge in [0.1, 0.15) is 0 Å². The topological polar surface area (TPSA) is 63.4 Å². The molecule has 4 nitrogen and oxygen atoms in total. The Morgan fingerprint density at radius 1 is 1.21 bits per heavy atom. The van der Waals surface area contributed by atoms with Crippen LogP contribution in [0.15, 0.2) is 0 Å². The molecule has 0 aromatic carbocycles. The van der Waals surface area contributed by atoms with Crippen molar-refractivity contribution < 1.29 is 8.42 Å². The number of nitrogens with zero attached hydrogens (tertiary/aromatic N) is 1. The van der Waals surface area contributed by atoms with E-state index in [-0.39, 0.29) is 12.4 Å². The zero-order valence-corrected chi connectivity index (χ0v) is 9.74. The number of rotatable bonds is 3. The first kappa shape index (κ1) is 12.2. The maximum Gasteiger partial charge on any atom is 0.216 e. The molecule has 0 atom stereocenters. The van der Waals surface area contributed by atoms with Gasteiger partial charge in [0, 0.05) is 6.54 Å². The Morgan fingerprint density at radius 2 is 1.71 bits per heavy atom. The van der Waals surface area contributed by atoms with E-state index in [2.05, 4.69) is 4.90 Å². The molecule has 0 amide bonds. The summed E-state index contributed by atoms with van der Waals surface area (Å²) >= 11 is 0. The summed E-state index contributed by atoms with van der Waals surface area (Å²) in [6.07, 6.45) is 3.89. The first-order valence-electron chi connectivity index (χ1n) is 4.78. The highest BCUT2D eigenvalue weighted by molar-refractivity contribution is 7.90. The Balaban J connectivity index is 0.000000980. The highest BCUT2D eigenvalue weighted by Gasteiger charge is 2.53. The second kappa shape index (κ2) is 3.96. The quantitative estimate of drug-likeness (QED) is 0.773. The third kappa shape index (κ3) is 2.21. The summed E-state index contributed by atoms with van der Waals surface area (Å²) in [4.78, 5) is 2.22. The second-order valence-electron chi connectivity index (χ2n) is 4.21. The molecule has 2 rings (SSSR count). The highest BCUT2D eigenvalue weighted by atomic mass is 35.5. The standard InChI is InChI=1S/C8H16N2O2S.ClH/c9-13(11,12)8(3-4-8)7-10-5-1-2-6-10;/h1-7H2,(H2,9,11,12);1H. The maximum absolute atomic E-state index is 11.3. The number of primary sulfonamides is 1. The molecule has 0 aromatic heterocycles. The van der Waals surface area contributed by atoms with Gasteiger partial charge in [-0.05, 0) is 38.8 Å². The normalized spacial score (nSPS) is 25.8. The first-order valence-corrected chi connectivity index (χ1v) is 6.33. The summed E-state index contributed by atoms with van der Waals surface area (Å²) in [6, 6.07) is 0. The van der Waals surface area contributed by atoms with E-state index in [1.54, 1.807) is 0 Å². The predicted molar refractivity (Wildman–Crippen MR) is 58.0 cm³/mol. The SMILES string of the molecule is Cl.NS(=O)(=O)C1(CN2CCCC2)CC1. The van der Waals surface area contributed by atoms with Crippen molar-refractivity contribution in [3.05, 3.63) is 0 Å². The van der Waals surface area contributed by atoms with Crippen LogP contribution in [0.2, 0.25) is 0 Å². The Hall–Kier alpha value is 0.160. The van der Waals surface area contributed by atoms with Crippen molar-refractivity contribution >= 4 is 22.4 Å². The summed E-state index contributed by atoms with van der Waals surface area (Å²) in [5, 5.41) is 5.20.